The zero-order valence-corrected chi connectivity index (χ0v) is 46.5. The summed E-state index contributed by atoms with van der Waals surface area (Å²) >= 11 is 0. The molecule has 16 heteroatoms. The second-order valence-corrected chi connectivity index (χ2v) is 19.9. The summed E-state index contributed by atoms with van der Waals surface area (Å²) in [5.74, 6) is -5.02. The first-order valence-electron chi connectivity index (χ1n) is 28.3. The van der Waals surface area contributed by atoms with Crippen LogP contribution in [0.25, 0.3) is 0 Å². The third-order valence-corrected chi connectivity index (χ3v) is 12.9. The molecular weight excluding hydrogens is 939 g/mol. The second-order valence-electron chi connectivity index (χ2n) is 19.9. The molecule has 0 saturated carbocycles. The van der Waals surface area contributed by atoms with Gasteiger partial charge in [0.25, 0.3) is 5.91 Å². The maximum Gasteiger partial charge on any atom is 0.303 e. The van der Waals surface area contributed by atoms with E-state index in [0.29, 0.717) is 12.8 Å². The molecule has 2 unspecified atom stereocenters. The van der Waals surface area contributed by atoms with Gasteiger partial charge in [0.05, 0.1) is 12.6 Å². The van der Waals surface area contributed by atoms with Gasteiger partial charge in [0.15, 0.2) is 30.7 Å². The molecule has 0 aromatic rings. The van der Waals surface area contributed by atoms with Gasteiger partial charge in [-0.05, 0) is 31.8 Å². The summed E-state index contributed by atoms with van der Waals surface area (Å²) in [7, 11) is 0. The number of hydrogen-bond acceptors (Lipinski definition) is 15. The Morgan fingerprint density at radius 3 is 1.32 bits per heavy atom. The van der Waals surface area contributed by atoms with Crippen LogP contribution in [0.3, 0.4) is 0 Å². The average molecular weight is 1040 g/mol. The van der Waals surface area contributed by atoms with Crippen LogP contribution in [0, 0.1) is 0 Å². The fourth-order valence-corrected chi connectivity index (χ4v) is 9.12. The first-order chi connectivity index (χ1) is 35.1. The van der Waals surface area contributed by atoms with E-state index in [2.05, 4.69) is 19.2 Å². The van der Waals surface area contributed by atoms with Gasteiger partial charge in [-0.2, -0.15) is 0 Å². The van der Waals surface area contributed by atoms with E-state index in [9.17, 15) is 33.6 Å². The molecule has 0 bridgehead atoms. The van der Waals surface area contributed by atoms with Crippen molar-refractivity contribution >= 4 is 41.7 Å². The van der Waals surface area contributed by atoms with Crippen LogP contribution in [0.4, 0.5) is 0 Å². The molecule has 0 radical (unpaired) electrons. The molecule has 1 saturated heterocycles. The van der Waals surface area contributed by atoms with Crippen LogP contribution >= 0.6 is 0 Å². The van der Waals surface area contributed by atoms with Crippen LogP contribution in [0.2, 0.25) is 0 Å². The van der Waals surface area contributed by atoms with Crippen LogP contribution < -0.4 is 5.32 Å². The molecule has 1 heterocycles. The van der Waals surface area contributed by atoms with Crippen molar-refractivity contribution in [1.82, 2.24) is 5.32 Å². The van der Waals surface area contributed by atoms with Crippen molar-refractivity contribution in [2.24, 2.45) is 0 Å². The Balaban J connectivity index is 3.24. The molecule has 1 amide bonds. The standard InChI is InChI=1S/C57H99NO15/c1-9-11-13-15-17-19-21-23-25-27-29-31-33-35-37-39-50(68-44(4)60)49(58-56(65)51(69-45(5)61)40-38-36-34-32-30-28-26-24-22-20-18-16-14-12-10-2)41-67-57-55(72-48(8)64)54(71-47(7)63)53(70-46(6)62)52(73-57)42-66-43(3)59/h37,39,49-55,57H,9-36,38,40-42H2,1-8H3,(H,58,65)/b39-37+/t49-,50?,51?,52+,53+,54-,55+,57+/m0/s1. The smallest absolute Gasteiger partial charge is 0.303 e. The molecule has 0 spiro atoms. The maximum atomic E-state index is 14.2. The van der Waals surface area contributed by atoms with Crippen molar-refractivity contribution in [3.63, 3.8) is 0 Å². The molecule has 0 aliphatic carbocycles. The van der Waals surface area contributed by atoms with Crippen LogP contribution in [0.15, 0.2) is 12.2 Å². The van der Waals surface area contributed by atoms with Gasteiger partial charge >= 0.3 is 35.8 Å². The number of amides is 1. The Labute approximate surface area is 439 Å². The van der Waals surface area contributed by atoms with E-state index >= 15 is 0 Å². The zero-order valence-electron chi connectivity index (χ0n) is 46.5. The lowest BCUT2D eigenvalue weighted by Gasteiger charge is -2.44. The predicted molar refractivity (Wildman–Crippen MR) is 280 cm³/mol. The Hall–Kier alpha value is -4.05. The topological polar surface area (TPSA) is 205 Å². The zero-order chi connectivity index (χ0) is 54.1. The van der Waals surface area contributed by atoms with Crippen molar-refractivity contribution < 1.29 is 71.5 Å². The lowest BCUT2D eigenvalue weighted by molar-refractivity contribution is -0.309. The predicted octanol–water partition coefficient (Wildman–Crippen LogP) is 11.7. The molecule has 16 nitrogen and oxygen atoms in total. The molecule has 73 heavy (non-hydrogen) atoms. The number of ether oxygens (including phenoxy) is 8. The van der Waals surface area contributed by atoms with E-state index in [1.54, 1.807) is 6.08 Å². The van der Waals surface area contributed by atoms with E-state index in [0.717, 1.165) is 65.7 Å². The van der Waals surface area contributed by atoms with Gasteiger partial charge in [0.2, 0.25) is 0 Å². The fourth-order valence-electron chi connectivity index (χ4n) is 9.12. The molecule has 1 N–H and O–H groups in total. The van der Waals surface area contributed by atoms with E-state index in [4.69, 9.17) is 37.9 Å². The molecule has 1 aliphatic heterocycles. The van der Waals surface area contributed by atoms with Crippen LogP contribution in [-0.2, 0) is 71.5 Å². The quantitative estimate of drug-likeness (QED) is 0.0261. The molecule has 422 valence electrons. The van der Waals surface area contributed by atoms with Gasteiger partial charge in [0, 0.05) is 41.5 Å². The number of carbonyl (C=O) groups excluding carboxylic acids is 7. The first-order valence-corrected chi connectivity index (χ1v) is 28.3. The third kappa shape index (κ3) is 35.0. The average Bonchev–Trinajstić information content (AvgIpc) is 3.32. The van der Waals surface area contributed by atoms with Gasteiger partial charge < -0.3 is 43.2 Å². The minimum atomic E-state index is -1.57. The number of nitrogens with one attached hydrogen (secondary N) is 1. The first kappa shape index (κ1) is 67.0. The van der Waals surface area contributed by atoms with E-state index in [-0.39, 0.29) is 6.42 Å². The van der Waals surface area contributed by atoms with Crippen LogP contribution in [-0.4, -0.2) is 104 Å². The van der Waals surface area contributed by atoms with Crippen molar-refractivity contribution in [1.29, 1.82) is 0 Å². The highest BCUT2D eigenvalue weighted by atomic mass is 16.7. The van der Waals surface area contributed by atoms with Gasteiger partial charge in [-0.15, -0.1) is 0 Å². The number of rotatable bonds is 44. The summed E-state index contributed by atoms with van der Waals surface area (Å²) in [6.07, 6.45) is 28.4. The van der Waals surface area contributed by atoms with Gasteiger partial charge in [-0.25, -0.2) is 0 Å². The normalized spacial score (nSPS) is 18.8. The molecule has 0 aromatic heterocycles. The summed E-state index contributed by atoms with van der Waals surface area (Å²) in [5.41, 5.74) is 0. The van der Waals surface area contributed by atoms with Crippen molar-refractivity contribution in [2.45, 2.75) is 297 Å². The van der Waals surface area contributed by atoms with E-state index < -0.39 is 104 Å². The molecular formula is C57H99NO15. The minimum absolute atomic E-state index is 0.254. The number of hydrogen-bond donors (Lipinski definition) is 1. The van der Waals surface area contributed by atoms with E-state index in [1.165, 1.54) is 149 Å². The van der Waals surface area contributed by atoms with Crippen molar-refractivity contribution in [3.8, 4) is 0 Å². The Kier molecular flexibility index (Phi) is 39.6. The highest BCUT2D eigenvalue weighted by Gasteiger charge is 2.53. The fraction of sp³-hybridized carbons (Fsp3) is 0.842. The van der Waals surface area contributed by atoms with E-state index in [1.807, 2.05) is 6.08 Å². The minimum Gasteiger partial charge on any atom is -0.463 e. The number of carbonyl (C=O) groups is 7. The summed E-state index contributed by atoms with van der Waals surface area (Å²) in [6.45, 7) is 10.5. The van der Waals surface area contributed by atoms with Crippen molar-refractivity contribution in [3.05, 3.63) is 12.2 Å². The second kappa shape index (κ2) is 43.2. The lowest BCUT2D eigenvalue weighted by Crippen LogP contribution is -2.63. The number of esters is 6. The SMILES string of the molecule is CCCCCCCCCCCCCCC/C=C/C(OC(C)=O)[C@H](CO[C@@H]1O[C@H](COC(C)=O)[C@@H](OC(C)=O)[C@H](OC(C)=O)[C@H]1OC(C)=O)NC(=O)C(CCCCCCCCCCCCCCCCC)OC(C)=O. The van der Waals surface area contributed by atoms with Crippen molar-refractivity contribution in [2.75, 3.05) is 13.2 Å². The monoisotopic (exact) mass is 1040 g/mol. The van der Waals surface area contributed by atoms with Crippen LogP contribution in [0.5, 0.6) is 0 Å². The summed E-state index contributed by atoms with van der Waals surface area (Å²) in [5, 5.41) is 2.90. The molecule has 0 aromatic carbocycles. The Morgan fingerprint density at radius 2 is 0.890 bits per heavy atom. The highest BCUT2D eigenvalue weighted by Crippen LogP contribution is 2.30. The van der Waals surface area contributed by atoms with Gasteiger partial charge in [-0.1, -0.05) is 187 Å². The maximum absolute atomic E-state index is 14.2. The lowest BCUT2D eigenvalue weighted by atomic mass is 9.98. The summed E-state index contributed by atoms with van der Waals surface area (Å²) in [6, 6.07) is -1.13. The largest absolute Gasteiger partial charge is 0.463 e. The molecule has 8 atom stereocenters. The number of unbranched alkanes of at least 4 members (excludes halogenated alkanes) is 27. The molecule has 1 rings (SSSR count). The molecule has 1 aliphatic rings. The Morgan fingerprint density at radius 1 is 0.479 bits per heavy atom. The van der Waals surface area contributed by atoms with Gasteiger partial charge in [0.1, 0.15) is 18.8 Å². The summed E-state index contributed by atoms with van der Waals surface area (Å²) in [4.78, 5) is 88.5. The van der Waals surface area contributed by atoms with Gasteiger partial charge in [-0.3, -0.25) is 33.6 Å². The summed E-state index contributed by atoms with van der Waals surface area (Å²) < 4.78 is 45.7. The number of allylic oxidation sites excluding steroid dienone is 1. The molecule has 1 fully saturated rings. The van der Waals surface area contributed by atoms with Crippen LogP contribution in [0.1, 0.15) is 248 Å². The Bertz CT molecular complexity index is 1550. The highest BCUT2D eigenvalue weighted by molar-refractivity contribution is 5.83. The third-order valence-electron chi connectivity index (χ3n) is 12.9.